The van der Waals surface area contributed by atoms with Crippen LogP contribution in [0.5, 0.6) is 23.0 Å². The summed E-state index contributed by atoms with van der Waals surface area (Å²) < 4.78 is 6.13. The minimum atomic E-state index is -0.461. The Balaban J connectivity index is 1.72. The number of hydrogen-bond acceptors (Lipinski definition) is 5. The van der Waals surface area contributed by atoms with Gasteiger partial charge in [0, 0.05) is 6.42 Å². The number of carbonyl (C=O) groups excluding carboxylic acids is 1. The third-order valence-corrected chi connectivity index (χ3v) is 5.30. The molecular weight excluding hydrogens is 380 g/mol. The van der Waals surface area contributed by atoms with Crippen molar-refractivity contribution in [1.82, 2.24) is 0 Å². The van der Waals surface area contributed by atoms with Crippen LogP contribution in [0.15, 0.2) is 48.1 Å². The zero-order chi connectivity index (χ0) is 21.9. The lowest BCUT2D eigenvalue weighted by molar-refractivity contribution is 0.0979. The molecule has 30 heavy (non-hydrogen) atoms. The summed E-state index contributed by atoms with van der Waals surface area (Å²) in [6.07, 6.45) is 8.19. The molecule has 0 bridgehead atoms. The van der Waals surface area contributed by atoms with Crippen LogP contribution in [0.25, 0.3) is 6.08 Å². The molecule has 5 nitrogen and oxygen atoms in total. The van der Waals surface area contributed by atoms with Gasteiger partial charge in [-0.05, 0) is 82.0 Å². The van der Waals surface area contributed by atoms with Crippen molar-refractivity contribution in [1.29, 1.82) is 0 Å². The maximum atomic E-state index is 12.7. The van der Waals surface area contributed by atoms with E-state index in [4.69, 9.17) is 4.74 Å². The summed E-state index contributed by atoms with van der Waals surface area (Å²) in [5.41, 5.74) is 2.30. The van der Waals surface area contributed by atoms with E-state index in [2.05, 4.69) is 19.9 Å². The van der Waals surface area contributed by atoms with Gasteiger partial charge >= 0.3 is 0 Å². The maximum Gasteiger partial charge on any atom is 0.166 e. The average molecular weight is 408 g/mol. The molecule has 158 valence electrons. The molecule has 0 saturated heterocycles. The van der Waals surface area contributed by atoms with Gasteiger partial charge in [-0.15, -0.1) is 0 Å². The molecule has 0 fully saturated rings. The lowest BCUT2D eigenvalue weighted by Gasteiger charge is -2.32. The van der Waals surface area contributed by atoms with E-state index < -0.39 is 5.60 Å². The number of phenols is 3. The fourth-order valence-electron chi connectivity index (χ4n) is 3.51. The number of fused-ring (bicyclic) bond motifs is 1. The van der Waals surface area contributed by atoms with Crippen molar-refractivity contribution in [3.8, 4) is 23.0 Å². The lowest BCUT2D eigenvalue weighted by Crippen LogP contribution is -2.31. The molecule has 0 spiro atoms. The van der Waals surface area contributed by atoms with E-state index >= 15 is 0 Å². The molecule has 2 aromatic carbocycles. The van der Waals surface area contributed by atoms with E-state index in [0.29, 0.717) is 17.7 Å². The van der Waals surface area contributed by atoms with Gasteiger partial charge < -0.3 is 20.1 Å². The third kappa shape index (κ3) is 4.85. The van der Waals surface area contributed by atoms with Crippen molar-refractivity contribution >= 4 is 11.9 Å². The Labute approximate surface area is 177 Å². The van der Waals surface area contributed by atoms with Crippen LogP contribution in [0.1, 0.15) is 61.5 Å². The number of phenolic OH excluding ortho intramolecular Hbond substituents is 3. The molecule has 0 saturated carbocycles. The van der Waals surface area contributed by atoms with E-state index in [0.717, 1.165) is 18.4 Å². The predicted octanol–water partition coefficient (Wildman–Crippen LogP) is 5.53. The SMILES string of the molecule is CC(C)=CCC[C@@]1(C)C=Cc2c(ccc(C(=O)CCc3ccc(O)c(O)c3)c2O)O1. The normalized spacial score (nSPS) is 17.2. The molecule has 3 N–H and O–H groups in total. The van der Waals surface area contributed by atoms with Gasteiger partial charge in [0.15, 0.2) is 17.3 Å². The number of ether oxygens (including phenoxy) is 1. The van der Waals surface area contributed by atoms with Gasteiger partial charge in [-0.3, -0.25) is 4.79 Å². The highest BCUT2D eigenvalue weighted by Gasteiger charge is 2.29. The van der Waals surface area contributed by atoms with Crippen molar-refractivity contribution in [2.45, 2.75) is 52.1 Å². The molecule has 0 unspecified atom stereocenters. The van der Waals surface area contributed by atoms with Gasteiger partial charge in [0.25, 0.3) is 0 Å². The molecule has 2 aromatic rings. The Morgan fingerprint density at radius 2 is 1.87 bits per heavy atom. The highest BCUT2D eigenvalue weighted by molar-refractivity contribution is 6.00. The molecule has 3 rings (SSSR count). The number of benzene rings is 2. The summed E-state index contributed by atoms with van der Waals surface area (Å²) in [7, 11) is 0. The largest absolute Gasteiger partial charge is 0.506 e. The maximum absolute atomic E-state index is 12.7. The molecule has 1 heterocycles. The van der Waals surface area contributed by atoms with E-state index in [1.165, 1.54) is 17.7 Å². The van der Waals surface area contributed by atoms with E-state index in [1.54, 1.807) is 18.2 Å². The smallest absolute Gasteiger partial charge is 0.166 e. The number of hydrogen-bond donors (Lipinski definition) is 3. The number of allylic oxidation sites excluding steroid dienone is 2. The van der Waals surface area contributed by atoms with E-state index in [-0.39, 0.29) is 35.0 Å². The van der Waals surface area contributed by atoms with Gasteiger partial charge in [0.1, 0.15) is 17.1 Å². The summed E-state index contributed by atoms with van der Waals surface area (Å²) in [4.78, 5) is 12.7. The van der Waals surface area contributed by atoms with Gasteiger partial charge in [-0.25, -0.2) is 0 Å². The van der Waals surface area contributed by atoms with Gasteiger partial charge in [0.2, 0.25) is 0 Å². The molecule has 0 radical (unpaired) electrons. The summed E-state index contributed by atoms with van der Waals surface area (Å²) in [6, 6.07) is 7.81. The second-order valence-corrected chi connectivity index (χ2v) is 8.19. The summed E-state index contributed by atoms with van der Waals surface area (Å²) in [5, 5.41) is 29.6. The Morgan fingerprint density at radius 1 is 1.10 bits per heavy atom. The first-order chi connectivity index (χ1) is 14.2. The number of aryl methyl sites for hydroxylation is 1. The van der Waals surface area contributed by atoms with Crippen LogP contribution in [-0.4, -0.2) is 26.7 Å². The molecule has 1 atom stereocenters. The standard InChI is InChI=1S/C25H28O5/c1-16(2)5-4-13-25(3)14-12-19-23(30-25)11-8-18(24(19)29)20(26)9-6-17-7-10-21(27)22(28)15-17/h5,7-8,10-12,14-15,27-29H,4,6,9,13H2,1-3H3/t25-/m0/s1. The molecule has 1 aliphatic rings. The fraction of sp³-hybridized carbons (Fsp3) is 0.320. The molecule has 0 aromatic heterocycles. The minimum absolute atomic E-state index is 0.0753. The molecule has 1 aliphatic heterocycles. The van der Waals surface area contributed by atoms with Crippen LogP contribution in [0.4, 0.5) is 0 Å². The Bertz CT molecular complexity index is 1010. The molecule has 0 amide bonds. The van der Waals surface area contributed by atoms with Crippen molar-refractivity contribution < 1.29 is 24.9 Å². The van der Waals surface area contributed by atoms with Crippen LogP contribution in [-0.2, 0) is 6.42 Å². The minimum Gasteiger partial charge on any atom is -0.506 e. The first kappa shape index (κ1) is 21.5. The second kappa shape index (κ2) is 8.66. The van der Waals surface area contributed by atoms with Gasteiger partial charge in [0.05, 0.1) is 11.1 Å². The van der Waals surface area contributed by atoms with Crippen LogP contribution < -0.4 is 4.74 Å². The number of Topliss-reactive ketones (excluding diaryl/α,β-unsaturated/α-hetero) is 1. The van der Waals surface area contributed by atoms with Crippen LogP contribution in [0.3, 0.4) is 0 Å². The van der Waals surface area contributed by atoms with Crippen molar-refractivity contribution in [3.05, 3.63) is 64.7 Å². The van der Waals surface area contributed by atoms with Gasteiger partial charge in [-0.2, -0.15) is 0 Å². The molecule has 5 heteroatoms. The van der Waals surface area contributed by atoms with E-state index in [9.17, 15) is 20.1 Å². The van der Waals surface area contributed by atoms with Crippen LogP contribution in [0, 0.1) is 0 Å². The third-order valence-electron chi connectivity index (χ3n) is 5.30. The monoisotopic (exact) mass is 408 g/mol. The molecular formula is C25H28O5. The Morgan fingerprint density at radius 3 is 2.57 bits per heavy atom. The number of carbonyl (C=O) groups is 1. The van der Waals surface area contributed by atoms with Crippen molar-refractivity contribution in [2.24, 2.45) is 0 Å². The second-order valence-electron chi connectivity index (χ2n) is 8.19. The first-order valence-corrected chi connectivity index (χ1v) is 10.1. The molecule has 0 aliphatic carbocycles. The number of aromatic hydroxyl groups is 3. The lowest BCUT2D eigenvalue weighted by atomic mass is 9.92. The zero-order valence-corrected chi connectivity index (χ0v) is 17.6. The highest BCUT2D eigenvalue weighted by Crippen LogP contribution is 2.40. The van der Waals surface area contributed by atoms with Crippen LogP contribution in [0.2, 0.25) is 0 Å². The average Bonchev–Trinajstić information content (AvgIpc) is 2.68. The Hall–Kier alpha value is -3.21. The fourth-order valence-corrected chi connectivity index (χ4v) is 3.51. The zero-order valence-electron chi connectivity index (χ0n) is 17.6. The number of rotatable bonds is 7. The Kier molecular flexibility index (Phi) is 6.20. The van der Waals surface area contributed by atoms with Gasteiger partial charge in [-0.1, -0.05) is 17.7 Å². The predicted molar refractivity (Wildman–Crippen MR) is 117 cm³/mol. The quantitative estimate of drug-likeness (QED) is 0.319. The summed E-state index contributed by atoms with van der Waals surface area (Å²) >= 11 is 0. The van der Waals surface area contributed by atoms with Crippen molar-refractivity contribution in [3.63, 3.8) is 0 Å². The highest BCUT2D eigenvalue weighted by atomic mass is 16.5. The summed E-state index contributed by atoms with van der Waals surface area (Å²) in [5.74, 6) is -0.125. The van der Waals surface area contributed by atoms with Crippen LogP contribution >= 0.6 is 0 Å². The summed E-state index contributed by atoms with van der Waals surface area (Å²) in [6.45, 7) is 6.14. The van der Waals surface area contributed by atoms with E-state index in [1.807, 2.05) is 19.1 Å². The first-order valence-electron chi connectivity index (χ1n) is 10.1. The van der Waals surface area contributed by atoms with Crippen molar-refractivity contribution in [2.75, 3.05) is 0 Å². The topological polar surface area (TPSA) is 87.0 Å². The number of ketones is 1.